The monoisotopic (exact) mass is 511 g/mol. The second-order valence-corrected chi connectivity index (χ2v) is 12.8. The topological polar surface area (TPSA) is 80.9 Å². The Morgan fingerprint density at radius 3 is 2.58 bits per heavy atom. The molecule has 38 heavy (non-hydrogen) atoms. The fourth-order valence-corrected chi connectivity index (χ4v) is 6.14. The van der Waals surface area contributed by atoms with Crippen molar-refractivity contribution in [3.63, 3.8) is 0 Å². The molecular weight excluding hydrogens is 474 g/mol. The number of fused-ring (bicyclic) bond motifs is 2. The summed E-state index contributed by atoms with van der Waals surface area (Å²) in [5.41, 5.74) is 6.44. The average Bonchev–Trinajstić information content (AvgIpc) is 3.61. The smallest absolute Gasteiger partial charge is 0.278 e. The first kappa shape index (κ1) is 24.8. The molecule has 4 aromatic rings. The maximum atomic E-state index is 13.5. The van der Waals surface area contributed by atoms with Crippen LogP contribution >= 0.6 is 0 Å². The molecule has 198 valence electrons. The standard InChI is InChI=1S/C30H37N7O/c1-18-13-20(14-19-16-35(7)17-30(5,6)25(18)19)32-28-31-15-22-26(34-28)37(36(27(22)38)21-11-12-21)24-10-8-9-23(33-24)29(2,3)4/h8-10,13-15,21H,11-12,16-17H2,1-7H3,(H,31,32,34). The van der Waals surface area contributed by atoms with E-state index in [2.05, 4.69) is 75.9 Å². The predicted molar refractivity (Wildman–Crippen MR) is 152 cm³/mol. The molecular formula is C30H37N7O. The molecule has 1 aliphatic carbocycles. The number of anilines is 2. The maximum Gasteiger partial charge on any atom is 0.278 e. The normalized spacial score (nSPS) is 17.6. The zero-order chi connectivity index (χ0) is 27.0. The molecule has 3 aromatic heterocycles. The van der Waals surface area contributed by atoms with Gasteiger partial charge >= 0.3 is 0 Å². The first-order valence-electron chi connectivity index (χ1n) is 13.5. The summed E-state index contributed by atoms with van der Waals surface area (Å²) in [4.78, 5) is 30.2. The molecule has 0 saturated heterocycles. The van der Waals surface area contributed by atoms with E-state index in [-0.39, 0.29) is 22.4 Å². The minimum Gasteiger partial charge on any atom is -0.324 e. The average molecular weight is 512 g/mol. The zero-order valence-electron chi connectivity index (χ0n) is 23.5. The van der Waals surface area contributed by atoms with Crippen LogP contribution in [0.2, 0.25) is 0 Å². The Morgan fingerprint density at radius 2 is 1.87 bits per heavy atom. The number of pyridine rings is 1. The van der Waals surface area contributed by atoms with Crippen LogP contribution < -0.4 is 10.9 Å². The van der Waals surface area contributed by atoms with Crippen LogP contribution in [0.3, 0.4) is 0 Å². The van der Waals surface area contributed by atoms with Crippen molar-refractivity contribution < 1.29 is 0 Å². The van der Waals surface area contributed by atoms with Gasteiger partial charge in [-0.25, -0.2) is 19.3 Å². The Balaban J connectivity index is 1.46. The SMILES string of the molecule is Cc1cc(Nc2ncc3c(=O)n(C4CC4)n(-c4cccc(C(C)(C)C)n4)c3n2)cc2c1C(C)(C)CN(C)C2. The van der Waals surface area contributed by atoms with Crippen molar-refractivity contribution in [3.8, 4) is 5.82 Å². The summed E-state index contributed by atoms with van der Waals surface area (Å²) in [7, 11) is 2.17. The van der Waals surface area contributed by atoms with Crippen LogP contribution in [-0.4, -0.2) is 42.8 Å². The van der Waals surface area contributed by atoms with E-state index in [0.717, 1.165) is 37.3 Å². The molecule has 0 radical (unpaired) electrons. The van der Waals surface area contributed by atoms with E-state index in [1.54, 1.807) is 6.20 Å². The fourth-order valence-electron chi connectivity index (χ4n) is 6.14. The van der Waals surface area contributed by atoms with E-state index in [0.29, 0.717) is 22.8 Å². The highest BCUT2D eigenvalue weighted by atomic mass is 16.1. The third kappa shape index (κ3) is 4.21. The summed E-state index contributed by atoms with van der Waals surface area (Å²) in [6.45, 7) is 15.2. The zero-order valence-corrected chi connectivity index (χ0v) is 23.5. The Morgan fingerprint density at radius 1 is 1.11 bits per heavy atom. The number of aromatic nitrogens is 5. The van der Waals surface area contributed by atoms with Gasteiger partial charge < -0.3 is 10.2 Å². The van der Waals surface area contributed by atoms with Gasteiger partial charge in [-0.15, -0.1) is 0 Å². The van der Waals surface area contributed by atoms with Crippen LogP contribution in [0.4, 0.5) is 11.6 Å². The highest BCUT2D eigenvalue weighted by molar-refractivity contribution is 5.77. The Kier molecular flexibility index (Phi) is 5.54. The number of nitrogens with one attached hydrogen (secondary N) is 1. The largest absolute Gasteiger partial charge is 0.324 e. The lowest BCUT2D eigenvalue weighted by molar-refractivity contribution is 0.235. The van der Waals surface area contributed by atoms with Crippen LogP contribution in [0.25, 0.3) is 16.9 Å². The third-order valence-corrected chi connectivity index (χ3v) is 7.69. The number of aryl methyl sites for hydroxylation is 1. The van der Waals surface area contributed by atoms with Crippen molar-refractivity contribution in [1.82, 2.24) is 29.2 Å². The van der Waals surface area contributed by atoms with Gasteiger partial charge in [-0.3, -0.25) is 4.79 Å². The van der Waals surface area contributed by atoms with Gasteiger partial charge in [0.05, 0.1) is 6.04 Å². The van der Waals surface area contributed by atoms with Gasteiger partial charge in [0.25, 0.3) is 5.56 Å². The van der Waals surface area contributed by atoms with Crippen molar-refractivity contribution in [2.24, 2.45) is 0 Å². The number of benzene rings is 1. The lowest BCUT2D eigenvalue weighted by Gasteiger charge is -2.39. The minimum absolute atomic E-state index is 0.0631. The van der Waals surface area contributed by atoms with Gasteiger partial charge in [-0.05, 0) is 67.8 Å². The molecule has 1 aromatic carbocycles. The molecule has 1 saturated carbocycles. The number of hydrogen-bond donors (Lipinski definition) is 1. The van der Waals surface area contributed by atoms with Gasteiger partial charge in [0.15, 0.2) is 11.5 Å². The lowest BCUT2D eigenvalue weighted by atomic mass is 9.76. The first-order valence-corrected chi connectivity index (χ1v) is 13.5. The highest BCUT2D eigenvalue weighted by Crippen LogP contribution is 2.38. The van der Waals surface area contributed by atoms with Crippen LogP contribution in [0, 0.1) is 6.92 Å². The molecule has 8 nitrogen and oxygen atoms in total. The summed E-state index contributed by atoms with van der Waals surface area (Å²) in [5, 5.41) is 3.94. The quantitative estimate of drug-likeness (QED) is 0.396. The van der Waals surface area contributed by atoms with Crippen molar-refractivity contribution >= 4 is 22.7 Å². The van der Waals surface area contributed by atoms with Gasteiger partial charge in [-0.2, -0.15) is 4.98 Å². The van der Waals surface area contributed by atoms with Crippen LogP contribution in [0.15, 0.2) is 41.3 Å². The number of rotatable bonds is 4. The third-order valence-electron chi connectivity index (χ3n) is 7.69. The van der Waals surface area contributed by atoms with Gasteiger partial charge in [-0.1, -0.05) is 40.7 Å². The predicted octanol–water partition coefficient (Wildman–Crippen LogP) is 5.38. The van der Waals surface area contributed by atoms with E-state index >= 15 is 0 Å². The Bertz CT molecular complexity index is 1620. The Hall–Kier alpha value is -3.52. The van der Waals surface area contributed by atoms with Gasteiger partial charge in [0.2, 0.25) is 5.95 Å². The first-order chi connectivity index (χ1) is 17.9. The Labute approximate surface area is 223 Å². The molecule has 0 amide bonds. The van der Waals surface area contributed by atoms with Crippen LogP contribution in [-0.2, 0) is 17.4 Å². The van der Waals surface area contributed by atoms with E-state index in [9.17, 15) is 4.79 Å². The number of likely N-dealkylation sites (N-methyl/N-ethyl adjacent to an activating group) is 1. The highest BCUT2D eigenvalue weighted by Gasteiger charge is 2.33. The van der Waals surface area contributed by atoms with Crippen LogP contribution in [0.1, 0.15) is 75.9 Å². The van der Waals surface area contributed by atoms with Crippen LogP contribution in [0.5, 0.6) is 0 Å². The van der Waals surface area contributed by atoms with Gasteiger partial charge in [0.1, 0.15) is 5.39 Å². The fraction of sp³-hybridized carbons (Fsp3) is 0.467. The summed E-state index contributed by atoms with van der Waals surface area (Å²) >= 11 is 0. The molecule has 0 spiro atoms. The van der Waals surface area contributed by atoms with E-state index in [4.69, 9.17) is 9.97 Å². The second-order valence-electron chi connectivity index (χ2n) is 12.8. The molecule has 4 heterocycles. The maximum absolute atomic E-state index is 13.5. The molecule has 1 aliphatic heterocycles. The number of nitrogens with zero attached hydrogens (tertiary/aromatic N) is 6. The molecule has 0 unspecified atom stereocenters. The molecule has 6 rings (SSSR count). The molecule has 8 heteroatoms. The molecule has 0 atom stereocenters. The molecule has 2 aliphatic rings. The van der Waals surface area contributed by atoms with Crippen molar-refractivity contribution in [1.29, 1.82) is 0 Å². The van der Waals surface area contributed by atoms with Gasteiger partial charge in [0, 0.05) is 41.5 Å². The minimum atomic E-state index is -0.113. The van der Waals surface area contributed by atoms with Crippen molar-refractivity contribution in [2.75, 3.05) is 18.9 Å². The molecule has 0 bridgehead atoms. The van der Waals surface area contributed by atoms with Crippen molar-refractivity contribution in [3.05, 3.63) is 69.3 Å². The second kappa shape index (κ2) is 8.50. The van der Waals surface area contributed by atoms with E-state index < -0.39 is 0 Å². The van der Waals surface area contributed by atoms with E-state index in [1.807, 2.05) is 27.6 Å². The molecule has 1 N–H and O–H groups in total. The number of hydrogen-bond acceptors (Lipinski definition) is 6. The molecule has 1 fully saturated rings. The van der Waals surface area contributed by atoms with E-state index in [1.165, 1.54) is 16.7 Å². The summed E-state index contributed by atoms with van der Waals surface area (Å²) in [5.74, 6) is 1.17. The van der Waals surface area contributed by atoms with Crippen molar-refractivity contribution in [2.45, 2.75) is 77.8 Å². The lowest BCUT2D eigenvalue weighted by Crippen LogP contribution is -2.40. The summed E-state index contributed by atoms with van der Waals surface area (Å²) in [6.07, 6.45) is 3.61. The summed E-state index contributed by atoms with van der Waals surface area (Å²) in [6, 6.07) is 10.5. The summed E-state index contributed by atoms with van der Waals surface area (Å²) < 4.78 is 3.71.